The number of sulfonamides is 1. The van der Waals surface area contributed by atoms with E-state index >= 15 is 0 Å². The van der Waals surface area contributed by atoms with Crippen molar-refractivity contribution in [2.24, 2.45) is 4.99 Å². The van der Waals surface area contributed by atoms with Gasteiger partial charge in [0.05, 0.1) is 19.1 Å². The molecule has 0 amide bonds. The van der Waals surface area contributed by atoms with E-state index in [0.717, 1.165) is 23.1 Å². The SMILES string of the molecule is CN=C(NCc1ccc(OC)cc1)NCc1ccccc1NS(C)(=O)=O. The zero-order valence-corrected chi connectivity index (χ0v) is 15.9. The zero-order chi connectivity index (χ0) is 19.0. The Balaban J connectivity index is 1.94. The van der Waals surface area contributed by atoms with E-state index in [1.807, 2.05) is 36.4 Å². The number of ether oxygens (including phenoxy) is 1. The molecule has 0 aromatic heterocycles. The van der Waals surface area contributed by atoms with Crippen LogP contribution in [0.4, 0.5) is 5.69 Å². The number of aliphatic imine (C=N–C) groups is 1. The van der Waals surface area contributed by atoms with Gasteiger partial charge >= 0.3 is 0 Å². The van der Waals surface area contributed by atoms with Crippen molar-refractivity contribution in [3.8, 4) is 5.75 Å². The summed E-state index contributed by atoms with van der Waals surface area (Å²) in [6.45, 7) is 1.04. The van der Waals surface area contributed by atoms with Crippen LogP contribution in [-0.2, 0) is 23.1 Å². The Bertz CT molecular complexity index is 849. The summed E-state index contributed by atoms with van der Waals surface area (Å²) in [5.41, 5.74) is 2.46. The third-order valence-electron chi connectivity index (χ3n) is 3.60. The fraction of sp³-hybridized carbons (Fsp3) is 0.278. The molecule has 7 nitrogen and oxygen atoms in total. The van der Waals surface area contributed by atoms with Gasteiger partial charge in [0.2, 0.25) is 10.0 Å². The predicted octanol–water partition coefficient (Wildman–Crippen LogP) is 1.93. The van der Waals surface area contributed by atoms with Gasteiger partial charge in [-0.15, -0.1) is 0 Å². The maximum absolute atomic E-state index is 11.5. The number of rotatable bonds is 7. The molecule has 0 bridgehead atoms. The highest BCUT2D eigenvalue weighted by Gasteiger charge is 2.07. The van der Waals surface area contributed by atoms with E-state index in [4.69, 9.17) is 4.74 Å². The van der Waals surface area contributed by atoms with Crippen LogP contribution in [-0.4, -0.2) is 34.8 Å². The first-order valence-corrected chi connectivity index (χ1v) is 9.93. The molecule has 140 valence electrons. The topological polar surface area (TPSA) is 91.8 Å². The van der Waals surface area contributed by atoms with Gasteiger partial charge in [0.15, 0.2) is 5.96 Å². The quantitative estimate of drug-likeness (QED) is 0.507. The van der Waals surface area contributed by atoms with Crippen molar-refractivity contribution in [1.29, 1.82) is 0 Å². The number of nitrogens with one attached hydrogen (secondary N) is 3. The normalized spacial score (nSPS) is 11.7. The largest absolute Gasteiger partial charge is 0.497 e. The highest BCUT2D eigenvalue weighted by Crippen LogP contribution is 2.16. The first kappa shape index (κ1) is 19.6. The predicted molar refractivity (Wildman–Crippen MR) is 105 cm³/mol. The summed E-state index contributed by atoms with van der Waals surface area (Å²) in [7, 11) is -0.0108. The molecule has 0 radical (unpaired) electrons. The maximum Gasteiger partial charge on any atom is 0.229 e. The van der Waals surface area contributed by atoms with Crippen LogP contribution in [0.5, 0.6) is 5.75 Å². The van der Waals surface area contributed by atoms with Gasteiger partial charge in [-0.25, -0.2) is 8.42 Å². The molecule has 0 unspecified atom stereocenters. The molecule has 0 atom stereocenters. The summed E-state index contributed by atoms with van der Waals surface area (Å²) in [4.78, 5) is 4.19. The number of hydrogen-bond donors (Lipinski definition) is 3. The summed E-state index contributed by atoms with van der Waals surface area (Å²) in [6, 6.07) is 15.0. The van der Waals surface area contributed by atoms with Gasteiger partial charge in [0, 0.05) is 20.1 Å². The van der Waals surface area contributed by atoms with E-state index in [9.17, 15) is 8.42 Å². The third-order valence-corrected chi connectivity index (χ3v) is 4.19. The number of para-hydroxylation sites is 1. The zero-order valence-electron chi connectivity index (χ0n) is 15.1. The summed E-state index contributed by atoms with van der Waals surface area (Å²) >= 11 is 0. The molecule has 2 rings (SSSR count). The van der Waals surface area contributed by atoms with E-state index in [2.05, 4.69) is 20.3 Å². The number of anilines is 1. The van der Waals surface area contributed by atoms with Gasteiger partial charge in [0.1, 0.15) is 5.75 Å². The lowest BCUT2D eigenvalue weighted by molar-refractivity contribution is 0.414. The van der Waals surface area contributed by atoms with Crippen LogP contribution in [0, 0.1) is 0 Å². The highest BCUT2D eigenvalue weighted by atomic mass is 32.2. The minimum absolute atomic E-state index is 0.432. The molecular formula is C18H24N4O3S. The molecule has 0 spiro atoms. The third kappa shape index (κ3) is 6.29. The second-order valence-electron chi connectivity index (χ2n) is 5.66. The smallest absolute Gasteiger partial charge is 0.229 e. The average molecular weight is 376 g/mol. The van der Waals surface area contributed by atoms with Crippen LogP contribution in [0.25, 0.3) is 0 Å². The van der Waals surface area contributed by atoms with Crippen LogP contribution in [0.2, 0.25) is 0 Å². The fourth-order valence-electron chi connectivity index (χ4n) is 2.30. The molecule has 26 heavy (non-hydrogen) atoms. The minimum Gasteiger partial charge on any atom is -0.497 e. The molecule has 3 N–H and O–H groups in total. The first-order chi connectivity index (χ1) is 12.4. The van der Waals surface area contributed by atoms with Crippen molar-refractivity contribution in [2.75, 3.05) is 25.1 Å². The Hall–Kier alpha value is -2.74. The van der Waals surface area contributed by atoms with Gasteiger partial charge in [0.25, 0.3) is 0 Å². The van der Waals surface area contributed by atoms with E-state index in [0.29, 0.717) is 24.7 Å². The van der Waals surface area contributed by atoms with Gasteiger partial charge < -0.3 is 15.4 Å². The Labute approximate surface area is 154 Å². The van der Waals surface area contributed by atoms with Gasteiger partial charge in [-0.2, -0.15) is 0 Å². The molecule has 0 saturated heterocycles. The molecule has 0 aliphatic carbocycles. The molecule has 0 fully saturated rings. The van der Waals surface area contributed by atoms with Crippen molar-refractivity contribution >= 4 is 21.7 Å². The van der Waals surface area contributed by atoms with Crippen molar-refractivity contribution in [2.45, 2.75) is 13.1 Å². The molecule has 2 aromatic rings. The minimum atomic E-state index is -3.33. The summed E-state index contributed by atoms with van der Waals surface area (Å²) in [5, 5.41) is 6.40. The number of nitrogens with zero attached hydrogens (tertiary/aromatic N) is 1. The maximum atomic E-state index is 11.5. The summed E-state index contributed by atoms with van der Waals surface area (Å²) in [5.74, 6) is 1.43. The number of guanidine groups is 1. The average Bonchev–Trinajstić information content (AvgIpc) is 2.62. The monoisotopic (exact) mass is 376 g/mol. The van der Waals surface area contributed by atoms with Gasteiger partial charge in [-0.05, 0) is 29.3 Å². The molecular weight excluding hydrogens is 352 g/mol. The fourth-order valence-corrected chi connectivity index (χ4v) is 2.90. The van der Waals surface area contributed by atoms with Crippen molar-refractivity contribution in [1.82, 2.24) is 10.6 Å². The molecule has 0 aliphatic rings. The second-order valence-corrected chi connectivity index (χ2v) is 7.41. The van der Waals surface area contributed by atoms with Crippen LogP contribution >= 0.6 is 0 Å². The van der Waals surface area contributed by atoms with Crippen molar-refractivity contribution in [3.63, 3.8) is 0 Å². The van der Waals surface area contributed by atoms with Crippen molar-refractivity contribution in [3.05, 3.63) is 59.7 Å². The standard InChI is InChI=1S/C18H24N4O3S/c1-19-18(20-12-14-8-10-16(25-2)11-9-14)21-13-15-6-4-5-7-17(15)22-26(3,23)24/h4-11,22H,12-13H2,1-3H3,(H2,19,20,21). The van der Waals surface area contributed by atoms with E-state index in [1.165, 1.54) is 0 Å². The Kier molecular flexibility index (Phi) is 6.85. The number of benzene rings is 2. The lowest BCUT2D eigenvalue weighted by atomic mass is 10.2. The molecule has 0 aliphatic heterocycles. The Morgan fingerprint density at radius 1 is 1.04 bits per heavy atom. The summed E-state index contributed by atoms with van der Waals surface area (Å²) < 4.78 is 30.6. The Morgan fingerprint density at radius 3 is 2.31 bits per heavy atom. The van der Waals surface area contributed by atoms with Gasteiger partial charge in [-0.1, -0.05) is 30.3 Å². The molecule has 2 aromatic carbocycles. The molecule has 8 heteroatoms. The van der Waals surface area contributed by atoms with Crippen LogP contribution in [0.3, 0.4) is 0 Å². The van der Waals surface area contributed by atoms with Crippen LogP contribution < -0.4 is 20.1 Å². The lowest BCUT2D eigenvalue weighted by Gasteiger charge is -2.15. The van der Waals surface area contributed by atoms with Crippen LogP contribution in [0.15, 0.2) is 53.5 Å². The second kappa shape index (κ2) is 9.10. The first-order valence-electron chi connectivity index (χ1n) is 8.04. The van der Waals surface area contributed by atoms with Crippen molar-refractivity contribution < 1.29 is 13.2 Å². The summed E-state index contributed by atoms with van der Waals surface area (Å²) in [6.07, 6.45) is 1.13. The molecule has 0 saturated carbocycles. The van der Waals surface area contributed by atoms with Gasteiger partial charge in [-0.3, -0.25) is 9.71 Å². The Morgan fingerprint density at radius 2 is 1.69 bits per heavy atom. The highest BCUT2D eigenvalue weighted by molar-refractivity contribution is 7.92. The lowest BCUT2D eigenvalue weighted by Crippen LogP contribution is -2.36. The molecule has 0 heterocycles. The van der Waals surface area contributed by atoms with Crippen LogP contribution in [0.1, 0.15) is 11.1 Å². The number of methoxy groups -OCH3 is 1. The van der Waals surface area contributed by atoms with E-state index < -0.39 is 10.0 Å². The van der Waals surface area contributed by atoms with E-state index in [-0.39, 0.29) is 0 Å². The number of hydrogen-bond acceptors (Lipinski definition) is 4. The van der Waals surface area contributed by atoms with E-state index in [1.54, 1.807) is 26.3 Å².